The second-order valence-corrected chi connectivity index (χ2v) is 6.95. The first-order valence-electron chi connectivity index (χ1n) is 9.59. The molecule has 4 rings (SSSR count). The lowest BCUT2D eigenvalue weighted by atomic mass is 10.1. The van der Waals surface area contributed by atoms with Crippen LogP contribution in [0.3, 0.4) is 0 Å². The minimum atomic E-state index is -0.764. The fourth-order valence-corrected chi connectivity index (χ4v) is 3.32. The molecule has 0 unspecified atom stereocenters. The van der Waals surface area contributed by atoms with Crippen LogP contribution < -0.4 is 14.8 Å². The molecule has 2 N–H and O–H groups in total. The van der Waals surface area contributed by atoms with Crippen LogP contribution in [0.15, 0.2) is 54.6 Å². The fraction of sp³-hybridized carbons (Fsp3) is 0.217. The molecule has 0 spiro atoms. The van der Waals surface area contributed by atoms with Gasteiger partial charge in [-0.15, -0.1) is 0 Å². The highest BCUT2D eigenvalue weighted by Gasteiger charge is 2.19. The molecule has 1 aliphatic rings. The van der Waals surface area contributed by atoms with E-state index in [-0.39, 0.29) is 17.4 Å². The van der Waals surface area contributed by atoms with E-state index in [0.29, 0.717) is 30.1 Å². The summed E-state index contributed by atoms with van der Waals surface area (Å²) in [5, 5.41) is 14.5. The van der Waals surface area contributed by atoms with Crippen LogP contribution in [-0.2, 0) is 9.53 Å². The number of rotatable bonds is 5. The molecule has 154 valence electrons. The number of carbonyl (C=O) groups is 2. The number of fused-ring (bicyclic) bond motifs is 2. The second-order valence-electron chi connectivity index (χ2n) is 6.95. The molecule has 1 amide bonds. The number of carbonyl (C=O) groups excluding carboxylic acids is 2. The predicted molar refractivity (Wildman–Crippen MR) is 110 cm³/mol. The number of phenols is 1. The highest BCUT2D eigenvalue weighted by Crippen LogP contribution is 2.32. The van der Waals surface area contributed by atoms with Gasteiger partial charge in [-0.3, -0.25) is 4.79 Å². The molecule has 0 bridgehead atoms. The normalized spacial score (nSPS) is 13.5. The van der Waals surface area contributed by atoms with Gasteiger partial charge in [0.1, 0.15) is 24.5 Å². The summed E-state index contributed by atoms with van der Waals surface area (Å²) in [6.45, 7) is 2.35. The molecule has 3 aromatic rings. The smallest absolute Gasteiger partial charge is 0.342 e. The van der Waals surface area contributed by atoms with Gasteiger partial charge in [-0.05, 0) is 36.1 Å². The Balaban J connectivity index is 1.36. The Morgan fingerprint density at radius 2 is 1.83 bits per heavy atom. The van der Waals surface area contributed by atoms with E-state index in [0.717, 1.165) is 10.9 Å². The molecular formula is C23H21NO6. The van der Waals surface area contributed by atoms with Crippen molar-refractivity contribution in [3.05, 3.63) is 65.7 Å². The van der Waals surface area contributed by atoms with Crippen LogP contribution in [-0.4, -0.2) is 36.8 Å². The zero-order valence-electron chi connectivity index (χ0n) is 16.4. The van der Waals surface area contributed by atoms with Crippen LogP contribution in [0.1, 0.15) is 28.9 Å². The Hall–Kier alpha value is -3.74. The second kappa shape index (κ2) is 8.32. The Morgan fingerprint density at radius 1 is 1.07 bits per heavy atom. The van der Waals surface area contributed by atoms with Gasteiger partial charge in [0.05, 0.1) is 6.04 Å². The Kier molecular flexibility index (Phi) is 5.43. The van der Waals surface area contributed by atoms with Gasteiger partial charge >= 0.3 is 5.97 Å². The van der Waals surface area contributed by atoms with Crippen molar-refractivity contribution in [2.75, 3.05) is 19.8 Å². The number of aromatic hydroxyl groups is 1. The van der Waals surface area contributed by atoms with E-state index in [4.69, 9.17) is 14.2 Å². The molecule has 3 aromatic carbocycles. The quantitative estimate of drug-likeness (QED) is 0.630. The maximum Gasteiger partial charge on any atom is 0.342 e. The molecule has 7 heteroatoms. The van der Waals surface area contributed by atoms with Crippen LogP contribution in [0.25, 0.3) is 10.8 Å². The zero-order valence-corrected chi connectivity index (χ0v) is 16.4. The first-order valence-corrected chi connectivity index (χ1v) is 9.59. The maximum absolute atomic E-state index is 12.3. The first-order chi connectivity index (χ1) is 14.5. The third-order valence-electron chi connectivity index (χ3n) is 4.90. The molecule has 0 saturated carbocycles. The fourth-order valence-electron chi connectivity index (χ4n) is 3.32. The minimum absolute atomic E-state index is 0.0152. The van der Waals surface area contributed by atoms with Gasteiger partial charge in [0.15, 0.2) is 18.1 Å². The standard InChI is InChI=1S/C23H21NO6/c1-14(16-7-9-19-20(12-16)29-11-10-28-19)24-21(25)13-30-23(27)18-8-6-15-4-2-3-5-17(15)22(18)26/h2-9,12,14,26H,10-11,13H2,1H3,(H,24,25)/t14-/m0/s1. The molecule has 1 aliphatic heterocycles. The van der Waals surface area contributed by atoms with Gasteiger partial charge in [-0.25, -0.2) is 4.79 Å². The lowest BCUT2D eigenvalue weighted by Crippen LogP contribution is -2.31. The summed E-state index contributed by atoms with van der Waals surface area (Å²) < 4.78 is 16.1. The summed E-state index contributed by atoms with van der Waals surface area (Å²) in [7, 11) is 0. The van der Waals surface area contributed by atoms with Gasteiger partial charge in [0.25, 0.3) is 5.91 Å². The summed E-state index contributed by atoms with van der Waals surface area (Å²) in [5.74, 6) is -0.0692. The van der Waals surface area contributed by atoms with Crippen molar-refractivity contribution in [2.45, 2.75) is 13.0 Å². The summed E-state index contributed by atoms with van der Waals surface area (Å²) in [4.78, 5) is 24.6. The topological polar surface area (TPSA) is 94.1 Å². The first kappa shape index (κ1) is 19.6. The summed E-state index contributed by atoms with van der Waals surface area (Å²) in [5.41, 5.74) is 0.854. The highest BCUT2D eigenvalue weighted by molar-refractivity contribution is 6.01. The van der Waals surface area contributed by atoms with Gasteiger partial charge in [0.2, 0.25) is 0 Å². The number of esters is 1. The lowest BCUT2D eigenvalue weighted by Gasteiger charge is -2.21. The largest absolute Gasteiger partial charge is 0.506 e. The minimum Gasteiger partial charge on any atom is -0.506 e. The van der Waals surface area contributed by atoms with Crippen molar-refractivity contribution in [1.82, 2.24) is 5.32 Å². The molecule has 1 atom stereocenters. The summed E-state index contributed by atoms with van der Waals surface area (Å²) in [6.07, 6.45) is 0. The monoisotopic (exact) mass is 407 g/mol. The van der Waals surface area contributed by atoms with Crippen LogP contribution in [0, 0.1) is 0 Å². The van der Waals surface area contributed by atoms with Gasteiger partial charge in [-0.2, -0.15) is 0 Å². The van der Waals surface area contributed by atoms with Gasteiger partial charge < -0.3 is 24.6 Å². The molecule has 0 aromatic heterocycles. The van der Waals surface area contributed by atoms with Crippen molar-refractivity contribution in [3.63, 3.8) is 0 Å². The van der Waals surface area contributed by atoms with E-state index in [1.165, 1.54) is 6.07 Å². The predicted octanol–water partition coefficient (Wildman–Crippen LogP) is 3.35. The van der Waals surface area contributed by atoms with E-state index < -0.39 is 18.5 Å². The maximum atomic E-state index is 12.3. The van der Waals surface area contributed by atoms with Gasteiger partial charge in [0, 0.05) is 5.39 Å². The number of nitrogens with one attached hydrogen (secondary N) is 1. The zero-order chi connectivity index (χ0) is 21.1. The average molecular weight is 407 g/mol. The number of phenolic OH excluding ortho intramolecular Hbond substituents is 1. The van der Waals surface area contributed by atoms with Crippen LogP contribution >= 0.6 is 0 Å². The lowest BCUT2D eigenvalue weighted by molar-refractivity contribution is -0.124. The van der Waals surface area contributed by atoms with E-state index in [2.05, 4.69) is 5.32 Å². The number of hydrogen-bond donors (Lipinski definition) is 2. The molecule has 30 heavy (non-hydrogen) atoms. The Labute approximate surface area is 173 Å². The van der Waals surface area contributed by atoms with E-state index in [1.54, 1.807) is 24.3 Å². The SMILES string of the molecule is C[C@H](NC(=O)COC(=O)c1ccc2ccccc2c1O)c1ccc2c(c1)OCCO2. The van der Waals surface area contributed by atoms with Crippen LogP contribution in [0.2, 0.25) is 0 Å². The Bertz CT molecular complexity index is 1110. The average Bonchev–Trinajstić information content (AvgIpc) is 2.77. The molecule has 0 aliphatic carbocycles. The summed E-state index contributed by atoms with van der Waals surface area (Å²) in [6, 6.07) is 15.5. The van der Waals surface area contributed by atoms with E-state index in [9.17, 15) is 14.7 Å². The Morgan fingerprint density at radius 3 is 2.67 bits per heavy atom. The number of hydrogen-bond acceptors (Lipinski definition) is 6. The number of amides is 1. The van der Waals surface area contributed by atoms with Crippen molar-refractivity contribution < 1.29 is 28.9 Å². The van der Waals surface area contributed by atoms with Crippen molar-refractivity contribution in [1.29, 1.82) is 0 Å². The van der Waals surface area contributed by atoms with E-state index in [1.807, 2.05) is 31.2 Å². The molecule has 7 nitrogen and oxygen atoms in total. The van der Waals surface area contributed by atoms with Gasteiger partial charge in [-0.1, -0.05) is 36.4 Å². The van der Waals surface area contributed by atoms with Crippen LogP contribution in [0.5, 0.6) is 17.2 Å². The van der Waals surface area contributed by atoms with Crippen molar-refractivity contribution >= 4 is 22.6 Å². The van der Waals surface area contributed by atoms with E-state index >= 15 is 0 Å². The van der Waals surface area contributed by atoms with Crippen LogP contribution in [0.4, 0.5) is 0 Å². The third-order valence-corrected chi connectivity index (χ3v) is 4.90. The van der Waals surface area contributed by atoms with Crippen molar-refractivity contribution in [2.24, 2.45) is 0 Å². The number of benzene rings is 3. The highest BCUT2D eigenvalue weighted by atomic mass is 16.6. The third kappa shape index (κ3) is 4.00. The molecular weight excluding hydrogens is 386 g/mol. The summed E-state index contributed by atoms with van der Waals surface area (Å²) >= 11 is 0. The molecule has 0 fully saturated rings. The van der Waals surface area contributed by atoms with Crippen molar-refractivity contribution in [3.8, 4) is 17.2 Å². The molecule has 0 radical (unpaired) electrons. The number of ether oxygens (including phenoxy) is 3. The molecule has 1 heterocycles. The molecule has 0 saturated heterocycles.